The maximum atomic E-state index is 14.8. The van der Waals surface area contributed by atoms with Crippen molar-refractivity contribution in [1.29, 1.82) is 0 Å². The summed E-state index contributed by atoms with van der Waals surface area (Å²) >= 11 is 1.13. The van der Waals surface area contributed by atoms with Crippen LogP contribution in [0.4, 0.5) is 0 Å². The third kappa shape index (κ3) is 14.5. The molecule has 7 unspecified atom stereocenters. The number of nitrogens with one attached hydrogen (secondary N) is 3. The van der Waals surface area contributed by atoms with E-state index >= 15 is 0 Å². The SMILES string of the molecule is CCC(C)C(NC(=O)C1CCCCN1C)C(=O)N(CC(=O)NC(C)C)C(CC(OC(C)=O)c1nc(C(=O)NC(Cc2ccccc2)CC(C)C(=O)O)cs1)C(C)C. The average molecular weight is 813 g/mol. The number of aliphatic carboxylic acids is 1. The molecule has 15 heteroatoms. The zero-order valence-electron chi connectivity index (χ0n) is 35.1. The Morgan fingerprint density at radius 2 is 1.67 bits per heavy atom. The number of piperidine rings is 1. The van der Waals surface area contributed by atoms with Crippen LogP contribution in [0.2, 0.25) is 0 Å². The summed E-state index contributed by atoms with van der Waals surface area (Å²) < 4.78 is 5.83. The van der Waals surface area contributed by atoms with Crippen LogP contribution >= 0.6 is 11.3 Å². The quantitative estimate of drug-likeness (QED) is 0.125. The van der Waals surface area contributed by atoms with Gasteiger partial charge in [0.05, 0.1) is 18.5 Å². The van der Waals surface area contributed by atoms with E-state index in [-0.39, 0.29) is 60.8 Å². The second kappa shape index (κ2) is 22.5. The minimum Gasteiger partial charge on any atom is -0.481 e. The molecule has 0 radical (unpaired) electrons. The van der Waals surface area contributed by atoms with Gasteiger partial charge in [0.25, 0.3) is 5.91 Å². The Kier molecular flexibility index (Phi) is 18.6. The Hall–Kier alpha value is -4.37. The smallest absolute Gasteiger partial charge is 0.306 e. The minimum absolute atomic E-state index is 0.0613. The monoisotopic (exact) mass is 812 g/mol. The molecule has 1 aromatic heterocycles. The van der Waals surface area contributed by atoms with Crippen LogP contribution in [-0.4, -0.2) is 106 Å². The number of carbonyl (C=O) groups is 6. The van der Waals surface area contributed by atoms with Gasteiger partial charge in [0, 0.05) is 36.9 Å². The molecule has 0 bridgehead atoms. The van der Waals surface area contributed by atoms with E-state index in [0.717, 1.165) is 36.3 Å². The summed E-state index contributed by atoms with van der Waals surface area (Å²) in [4.78, 5) is 87.9. The Balaban J connectivity index is 1.96. The highest BCUT2D eigenvalue weighted by atomic mass is 32.1. The van der Waals surface area contributed by atoms with Crippen LogP contribution in [-0.2, 0) is 35.1 Å². The van der Waals surface area contributed by atoms with Gasteiger partial charge >= 0.3 is 11.9 Å². The molecule has 1 aliphatic rings. The normalized spacial score (nSPS) is 17.8. The summed E-state index contributed by atoms with van der Waals surface area (Å²) in [7, 11) is 1.91. The minimum atomic E-state index is -0.982. The van der Waals surface area contributed by atoms with Crippen molar-refractivity contribution in [1.82, 2.24) is 30.7 Å². The molecule has 3 rings (SSSR count). The predicted molar refractivity (Wildman–Crippen MR) is 219 cm³/mol. The number of aromatic nitrogens is 1. The van der Waals surface area contributed by atoms with Crippen molar-refractivity contribution in [2.75, 3.05) is 20.1 Å². The first-order valence-corrected chi connectivity index (χ1v) is 21.1. The number of rotatable bonds is 21. The zero-order valence-corrected chi connectivity index (χ0v) is 35.9. The molecule has 0 saturated carbocycles. The molecule has 4 amide bonds. The first kappa shape index (κ1) is 47.0. The van der Waals surface area contributed by atoms with Gasteiger partial charge in [0.15, 0.2) is 6.10 Å². The van der Waals surface area contributed by atoms with Crippen molar-refractivity contribution in [2.45, 2.75) is 137 Å². The maximum Gasteiger partial charge on any atom is 0.306 e. The number of hydrogen-bond donors (Lipinski definition) is 4. The number of likely N-dealkylation sites (N-methyl/N-ethyl adjacent to an activating group) is 1. The molecule has 0 aliphatic carbocycles. The van der Waals surface area contributed by atoms with Gasteiger partial charge in [-0.25, -0.2) is 4.98 Å². The van der Waals surface area contributed by atoms with Gasteiger partial charge in [-0.05, 0) is 70.5 Å². The number of esters is 1. The molecule has 4 N–H and O–H groups in total. The second-order valence-electron chi connectivity index (χ2n) is 16.1. The van der Waals surface area contributed by atoms with Crippen LogP contribution in [0, 0.1) is 17.8 Å². The standard InChI is InChI=1S/C42H64N6O8S/c1-10-27(6)37(46-39(52)33-18-14-15-19-47(33)9)41(53)48(23-36(50)43-26(4)5)34(25(2)3)22-35(56-29(8)49)40-45-32(24-57-40)38(51)44-31(20-28(7)42(54)55)21-30-16-12-11-13-17-30/h11-13,16-17,24-28,31,33-35,37H,10,14-15,18-23H2,1-9H3,(H,43,50)(H,44,51)(H,46,52)(H,54,55). The number of carboxylic acids is 1. The topological polar surface area (TPSA) is 187 Å². The molecule has 1 aliphatic heterocycles. The fourth-order valence-corrected chi connectivity index (χ4v) is 8.03. The van der Waals surface area contributed by atoms with Gasteiger partial charge < -0.3 is 30.7 Å². The van der Waals surface area contributed by atoms with E-state index in [1.807, 2.05) is 83.8 Å². The van der Waals surface area contributed by atoms with Crippen molar-refractivity contribution in [3.8, 4) is 0 Å². The van der Waals surface area contributed by atoms with Crippen molar-refractivity contribution >= 4 is 46.9 Å². The Labute approximate surface area is 341 Å². The molecule has 14 nitrogen and oxygen atoms in total. The van der Waals surface area contributed by atoms with E-state index < -0.39 is 53.9 Å². The Morgan fingerprint density at radius 1 is 0.982 bits per heavy atom. The number of ether oxygens (including phenoxy) is 1. The molecule has 0 spiro atoms. The summed E-state index contributed by atoms with van der Waals surface area (Å²) in [6.45, 7) is 14.7. The molecule has 7 atom stereocenters. The first-order chi connectivity index (χ1) is 26.9. The van der Waals surface area contributed by atoms with E-state index in [0.29, 0.717) is 24.3 Å². The summed E-state index contributed by atoms with van der Waals surface area (Å²) in [6, 6.07) is 6.83. The van der Waals surface area contributed by atoms with Gasteiger partial charge in [-0.2, -0.15) is 0 Å². The number of likely N-dealkylation sites (tertiary alicyclic amines) is 1. The van der Waals surface area contributed by atoms with Gasteiger partial charge in [-0.1, -0.05) is 77.8 Å². The van der Waals surface area contributed by atoms with E-state index in [9.17, 15) is 33.9 Å². The lowest BCUT2D eigenvalue weighted by Gasteiger charge is -2.40. The van der Waals surface area contributed by atoms with Crippen LogP contribution in [0.15, 0.2) is 35.7 Å². The summed E-state index contributed by atoms with van der Waals surface area (Å²) in [5, 5.41) is 20.4. The van der Waals surface area contributed by atoms with Crippen molar-refractivity contribution in [3.05, 3.63) is 52.0 Å². The number of carbonyl (C=O) groups excluding carboxylic acids is 5. The molecule has 1 fully saturated rings. The third-order valence-electron chi connectivity index (χ3n) is 10.6. The molecule has 316 valence electrons. The molecular weight excluding hydrogens is 749 g/mol. The van der Waals surface area contributed by atoms with Gasteiger partial charge in [-0.3, -0.25) is 33.7 Å². The summed E-state index contributed by atoms with van der Waals surface area (Å²) in [5.41, 5.74) is 1.01. The number of amides is 4. The number of nitrogens with zero attached hydrogens (tertiary/aromatic N) is 3. The fourth-order valence-electron chi connectivity index (χ4n) is 7.20. The van der Waals surface area contributed by atoms with E-state index in [1.165, 1.54) is 11.8 Å². The highest BCUT2D eigenvalue weighted by molar-refractivity contribution is 7.09. The van der Waals surface area contributed by atoms with E-state index in [4.69, 9.17) is 4.74 Å². The Morgan fingerprint density at radius 3 is 2.25 bits per heavy atom. The van der Waals surface area contributed by atoms with Crippen LogP contribution in [0.3, 0.4) is 0 Å². The van der Waals surface area contributed by atoms with Crippen molar-refractivity contribution in [2.24, 2.45) is 17.8 Å². The van der Waals surface area contributed by atoms with Gasteiger partial charge in [-0.15, -0.1) is 11.3 Å². The molecule has 2 aromatic rings. The van der Waals surface area contributed by atoms with Crippen LogP contribution in [0.1, 0.15) is 121 Å². The largest absolute Gasteiger partial charge is 0.481 e. The summed E-state index contributed by atoms with van der Waals surface area (Å²) in [5.74, 6) is -4.27. The van der Waals surface area contributed by atoms with Gasteiger partial charge in [0.2, 0.25) is 17.7 Å². The first-order valence-electron chi connectivity index (χ1n) is 20.2. The maximum absolute atomic E-state index is 14.8. The fraction of sp³-hybridized carbons (Fsp3) is 0.643. The molecule has 57 heavy (non-hydrogen) atoms. The Bertz CT molecular complexity index is 1650. The van der Waals surface area contributed by atoms with Crippen LogP contribution < -0.4 is 16.0 Å². The lowest BCUT2D eigenvalue weighted by molar-refractivity contribution is -0.151. The highest BCUT2D eigenvalue weighted by Gasteiger charge is 2.39. The lowest BCUT2D eigenvalue weighted by atomic mass is 9.92. The number of carboxylic acid groups (broad SMARTS) is 1. The van der Waals surface area contributed by atoms with E-state index in [1.54, 1.807) is 12.3 Å². The number of thiazole rings is 1. The van der Waals surface area contributed by atoms with Gasteiger partial charge in [0.1, 0.15) is 16.7 Å². The predicted octanol–water partition coefficient (Wildman–Crippen LogP) is 4.98. The third-order valence-corrected chi connectivity index (χ3v) is 11.5. The molecular formula is C42H64N6O8S. The van der Waals surface area contributed by atoms with Crippen LogP contribution in [0.5, 0.6) is 0 Å². The second-order valence-corrected chi connectivity index (χ2v) is 17.0. The van der Waals surface area contributed by atoms with Crippen molar-refractivity contribution in [3.63, 3.8) is 0 Å². The summed E-state index contributed by atoms with van der Waals surface area (Å²) in [6.07, 6.45) is 2.88. The molecule has 1 saturated heterocycles. The van der Waals surface area contributed by atoms with Crippen molar-refractivity contribution < 1.29 is 38.6 Å². The molecule has 2 heterocycles. The average Bonchev–Trinajstić information content (AvgIpc) is 3.65. The zero-order chi connectivity index (χ0) is 42.4. The molecule has 1 aromatic carbocycles. The van der Waals surface area contributed by atoms with Crippen LogP contribution in [0.25, 0.3) is 0 Å². The highest BCUT2D eigenvalue weighted by Crippen LogP contribution is 2.32. The number of benzene rings is 1. The lowest BCUT2D eigenvalue weighted by Crippen LogP contribution is -2.60. The number of hydrogen-bond acceptors (Lipinski definition) is 10. The van der Waals surface area contributed by atoms with E-state index in [2.05, 4.69) is 20.9 Å².